The number of thioether (sulfide) groups is 1. The number of fused-ring (bicyclic) bond motifs is 1. The molecule has 0 radical (unpaired) electrons. The molecule has 0 aliphatic rings. The normalized spacial score (nSPS) is 11.1. The third-order valence-corrected chi connectivity index (χ3v) is 6.72. The lowest BCUT2D eigenvalue weighted by Gasteiger charge is -2.06. The van der Waals surface area contributed by atoms with Crippen LogP contribution in [0.5, 0.6) is 5.75 Å². The predicted octanol–water partition coefficient (Wildman–Crippen LogP) is 6.93. The summed E-state index contributed by atoms with van der Waals surface area (Å²) < 4.78 is 5.26. The fourth-order valence-electron chi connectivity index (χ4n) is 3.05. The van der Waals surface area contributed by atoms with Crippen LogP contribution in [-0.4, -0.2) is 17.1 Å². The summed E-state index contributed by atoms with van der Waals surface area (Å²) >= 11 is 9.87. The molecule has 2 aromatic carbocycles. The van der Waals surface area contributed by atoms with Gasteiger partial charge in [0.25, 0.3) is 0 Å². The zero-order chi connectivity index (χ0) is 19.7. The highest BCUT2D eigenvalue weighted by Gasteiger charge is 2.18. The molecule has 0 aliphatic heterocycles. The fourth-order valence-corrected chi connectivity index (χ4v) is 5.33. The molecule has 3 nitrogen and oxygen atoms in total. The Morgan fingerprint density at radius 1 is 1.00 bits per heavy atom. The molecule has 0 aliphatic carbocycles. The molecule has 0 bridgehead atoms. The summed E-state index contributed by atoms with van der Waals surface area (Å²) in [6.07, 6.45) is 0. The smallest absolute Gasteiger partial charge is 0.190 e. The Labute approximate surface area is 177 Å². The van der Waals surface area contributed by atoms with Crippen LogP contribution in [-0.2, 0) is 5.75 Å². The lowest BCUT2D eigenvalue weighted by molar-refractivity contribution is 0.415. The van der Waals surface area contributed by atoms with Gasteiger partial charge in [0.1, 0.15) is 15.7 Å². The van der Waals surface area contributed by atoms with Crippen molar-refractivity contribution in [1.82, 2.24) is 9.97 Å². The van der Waals surface area contributed by atoms with Crippen molar-refractivity contribution >= 4 is 44.9 Å². The first-order chi connectivity index (χ1) is 13.5. The maximum atomic E-state index is 6.61. The molecule has 142 valence electrons. The summed E-state index contributed by atoms with van der Waals surface area (Å²) in [5.41, 5.74) is 4.70. The van der Waals surface area contributed by atoms with Gasteiger partial charge in [0.2, 0.25) is 0 Å². The van der Waals surface area contributed by atoms with Crippen LogP contribution >= 0.6 is 34.7 Å². The standard InChI is InChI=1S/C22H19ClN2OS2/c1-13-4-6-15(7-5-13)12-27-22-24-20(23)19-18(14(2)28-21(19)25-22)16-8-10-17(26-3)11-9-16/h4-11H,12H2,1-3H3. The molecular formula is C22H19ClN2OS2. The SMILES string of the molecule is COc1ccc(-c2c(C)sc3nc(SCc4ccc(C)cc4)nc(Cl)c23)cc1. The lowest BCUT2D eigenvalue weighted by Crippen LogP contribution is -1.90. The van der Waals surface area contributed by atoms with Gasteiger partial charge < -0.3 is 4.74 Å². The molecule has 4 aromatic rings. The van der Waals surface area contributed by atoms with Gasteiger partial charge in [-0.3, -0.25) is 0 Å². The summed E-state index contributed by atoms with van der Waals surface area (Å²) in [7, 11) is 1.67. The number of methoxy groups -OCH3 is 1. The highest BCUT2D eigenvalue weighted by atomic mass is 35.5. The molecule has 0 atom stereocenters. The van der Waals surface area contributed by atoms with Crippen molar-refractivity contribution in [3.8, 4) is 16.9 Å². The van der Waals surface area contributed by atoms with Crippen LogP contribution in [0.1, 0.15) is 16.0 Å². The van der Waals surface area contributed by atoms with Crippen molar-refractivity contribution in [1.29, 1.82) is 0 Å². The molecule has 0 unspecified atom stereocenters. The Kier molecular flexibility index (Phi) is 5.58. The first-order valence-electron chi connectivity index (χ1n) is 8.84. The van der Waals surface area contributed by atoms with E-state index in [-0.39, 0.29) is 0 Å². The van der Waals surface area contributed by atoms with E-state index < -0.39 is 0 Å². The second-order valence-corrected chi connectivity index (χ2v) is 9.02. The zero-order valence-electron chi connectivity index (χ0n) is 15.8. The number of hydrogen-bond donors (Lipinski definition) is 0. The minimum absolute atomic E-state index is 0.506. The van der Waals surface area contributed by atoms with E-state index >= 15 is 0 Å². The van der Waals surface area contributed by atoms with Crippen LogP contribution < -0.4 is 4.74 Å². The number of halogens is 1. The average molecular weight is 427 g/mol. The number of benzene rings is 2. The Balaban J connectivity index is 1.66. The van der Waals surface area contributed by atoms with E-state index in [1.807, 2.05) is 24.3 Å². The minimum atomic E-state index is 0.506. The Morgan fingerprint density at radius 3 is 2.39 bits per heavy atom. The zero-order valence-corrected chi connectivity index (χ0v) is 18.2. The topological polar surface area (TPSA) is 35.0 Å². The van der Waals surface area contributed by atoms with E-state index in [4.69, 9.17) is 21.3 Å². The Hall–Kier alpha value is -2.08. The van der Waals surface area contributed by atoms with Crippen LogP contribution in [0, 0.1) is 13.8 Å². The molecule has 0 saturated carbocycles. The van der Waals surface area contributed by atoms with Crippen LogP contribution in [0.25, 0.3) is 21.3 Å². The van der Waals surface area contributed by atoms with Gasteiger partial charge in [-0.05, 0) is 37.1 Å². The summed E-state index contributed by atoms with van der Waals surface area (Å²) in [6.45, 7) is 4.19. The maximum Gasteiger partial charge on any atom is 0.190 e. The number of nitrogens with zero attached hydrogens (tertiary/aromatic N) is 2. The Bertz CT molecular complexity index is 1120. The van der Waals surface area contributed by atoms with Crippen molar-refractivity contribution in [2.75, 3.05) is 7.11 Å². The third-order valence-electron chi connectivity index (χ3n) is 4.53. The molecule has 0 amide bonds. The highest BCUT2D eigenvalue weighted by molar-refractivity contribution is 7.98. The number of aromatic nitrogens is 2. The summed E-state index contributed by atoms with van der Waals surface area (Å²) in [5.74, 6) is 1.65. The molecule has 6 heteroatoms. The molecule has 4 rings (SSSR count). The van der Waals surface area contributed by atoms with E-state index in [1.54, 1.807) is 30.2 Å². The molecule has 0 fully saturated rings. The third kappa shape index (κ3) is 3.88. The van der Waals surface area contributed by atoms with Crippen LogP contribution in [0.2, 0.25) is 5.15 Å². The Morgan fingerprint density at radius 2 is 1.71 bits per heavy atom. The molecule has 2 aromatic heterocycles. The van der Waals surface area contributed by atoms with E-state index in [0.29, 0.717) is 10.3 Å². The van der Waals surface area contributed by atoms with Crippen molar-refractivity contribution in [3.63, 3.8) is 0 Å². The summed E-state index contributed by atoms with van der Waals surface area (Å²) in [4.78, 5) is 11.4. The van der Waals surface area contributed by atoms with Crippen LogP contribution in [0.4, 0.5) is 0 Å². The van der Waals surface area contributed by atoms with Gasteiger partial charge in [-0.1, -0.05) is 65.3 Å². The largest absolute Gasteiger partial charge is 0.497 e. The molecule has 0 N–H and O–H groups in total. The number of thiophene rings is 1. The van der Waals surface area contributed by atoms with Crippen molar-refractivity contribution in [2.24, 2.45) is 0 Å². The number of rotatable bonds is 5. The molecule has 0 spiro atoms. The summed E-state index contributed by atoms with van der Waals surface area (Å²) in [6, 6.07) is 16.5. The van der Waals surface area contributed by atoms with Crippen molar-refractivity contribution in [2.45, 2.75) is 24.8 Å². The quantitative estimate of drug-likeness (QED) is 0.197. The number of aryl methyl sites for hydroxylation is 2. The van der Waals surface area contributed by atoms with E-state index in [0.717, 1.165) is 32.8 Å². The van der Waals surface area contributed by atoms with Crippen molar-refractivity contribution < 1.29 is 4.74 Å². The fraction of sp³-hybridized carbons (Fsp3) is 0.182. The van der Waals surface area contributed by atoms with Gasteiger partial charge >= 0.3 is 0 Å². The average Bonchev–Trinajstić information content (AvgIpc) is 3.04. The highest BCUT2D eigenvalue weighted by Crippen LogP contribution is 2.41. The van der Waals surface area contributed by atoms with Gasteiger partial charge in [0.15, 0.2) is 5.16 Å². The van der Waals surface area contributed by atoms with E-state index in [2.05, 4.69) is 43.1 Å². The van der Waals surface area contributed by atoms with Gasteiger partial charge in [-0.2, -0.15) is 0 Å². The van der Waals surface area contributed by atoms with Crippen molar-refractivity contribution in [3.05, 3.63) is 69.7 Å². The first-order valence-corrected chi connectivity index (χ1v) is 11.0. The number of hydrogen-bond acceptors (Lipinski definition) is 5. The van der Waals surface area contributed by atoms with Crippen LogP contribution in [0.3, 0.4) is 0 Å². The summed E-state index contributed by atoms with van der Waals surface area (Å²) in [5, 5.41) is 2.14. The molecule has 28 heavy (non-hydrogen) atoms. The van der Waals surface area contributed by atoms with E-state index in [1.165, 1.54) is 16.0 Å². The second kappa shape index (κ2) is 8.11. The minimum Gasteiger partial charge on any atom is -0.497 e. The van der Waals surface area contributed by atoms with Gasteiger partial charge in [0, 0.05) is 16.2 Å². The second-order valence-electron chi connectivity index (χ2n) is 6.51. The molecule has 2 heterocycles. The number of ether oxygens (including phenoxy) is 1. The lowest BCUT2D eigenvalue weighted by atomic mass is 10.0. The van der Waals surface area contributed by atoms with E-state index in [9.17, 15) is 0 Å². The van der Waals surface area contributed by atoms with Crippen LogP contribution in [0.15, 0.2) is 53.7 Å². The monoisotopic (exact) mass is 426 g/mol. The first kappa shape index (κ1) is 19.2. The predicted molar refractivity (Wildman–Crippen MR) is 120 cm³/mol. The maximum absolute atomic E-state index is 6.61. The molecule has 0 saturated heterocycles. The molecular weight excluding hydrogens is 408 g/mol. The van der Waals surface area contributed by atoms with Gasteiger partial charge in [-0.15, -0.1) is 11.3 Å². The van der Waals surface area contributed by atoms with Gasteiger partial charge in [-0.25, -0.2) is 9.97 Å². The van der Waals surface area contributed by atoms with Gasteiger partial charge in [0.05, 0.1) is 12.5 Å².